The molecule has 12 nitrogen and oxygen atoms in total. The number of imidazole rings is 1. The van der Waals surface area contributed by atoms with Gasteiger partial charge in [0, 0.05) is 14.1 Å². The van der Waals surface area contributed by atoms with E-state index >= 15 is 0 Å². The Morgan fingerprint density at radius 3 is 2.63 bits per heavy atom. The molecule has 0 bridgehead atoms. The lowest BCUT2D eigenvalue weighted by atomic mass is 10.0. The minimum absolute atomic E-state index is 0. The van der Waals surface area contributed by atoms with Crippen LogP contribution in [0.1, 0.15) is 11.8 Å². The first-order chi connectivity index (χ1) is 16.3. The molecule has 1 unspecified atom stereocenters. The predicted molar refractivity (Wildman–Crippen MR) is 131 cm³/mol. The number of aromatic nitrogens is 4. The lowest BCUT2D eigenvalue weighted by molar-refractivity contribution is -0.124. The normalized spacial score (nSPS) is 22.5. The summed E-state index contributed by atoms with van der Waals surface area (Å²) in [4.78, 5) is 27.5. The predicted octanol–water partition coefficient (Wildman–Crippen LogP) is -0.372. The number of nitrogens with zero attached hydrogens (tertiary/aromatic N) is 5. The third kappa shape index (κ3) is 5.31. The molecule has 4 rings (SSSR count). The van der Waals surface area contributed by atoms with Gasteiger partial charge >= 0.3 is 0 Å². The van der Waals surface area contributed by atoms with E-state index in [2.05, 4.69) is 20.3 Å². The zero-order valence-electron chi connectivity index (χ0n) is 19.6. The molecule has 0 aliphatic carbocycles. The van der Waals surface area contributed by atoms with Crippen LogP contribution in [0.2, 0.25) is 0 Å². The Morgan fingerprint density at radius 2 is 2.00 bits per heavy atom. The highest BCUT2D eigenvalue weighted by Crippen LogP contribution is 2.32. The zero-order valence-corrected chi connectivity index (χ0v) is 20.4. The van der Waals surface area contributed by atoms with Crippen molar-refractivity contribution in [2.75, 3.05) is 32.7 Å². The van der Waals surface area contributed by atoms with Gasteiger partial charge < -0.3 is 35.6 Å². The molecule has 5 N–H and O–H groups in total. The second kappa shape index (κ2) is 11.1. The van der Waals surface area contributed by atoms with E-state index in [0.717, 1.165) is 5.56 Å². The van der Waals surface area contributed by atoms with Crippen molar-refractivity contribution >= 4 is 35.3 Å². The van der Waals surface area contributed by atoms with Crippen LogP contribution < -0.4 is 20.7 Å². The number of hydrogen-bond donors (Lipinski definition) is 4. The Bertz CT molecular complexity index is 1140. The summed E-state index contributed by atoms with van der Waals surface area (Å²) < 4.78 is 12.6. The third-order valence-electron chi connectivity index (χ3n) is 5.85. The summed E-state index contributed by atoms with van der Waals surface area (Å²) >= 11 is 0. The number of methoxy groups -OCH3 is 1. The maximum atomic E-state index is 12.8. The van der Waals surface area contributed by atoms with Crippen LogP contribution in [0.4, 0.5) is 5.82 Å². The molecule has 1 aliphatic rings. The SMILES string of the molecule is COc1ccc(C[C@H](N)C(=O)N[C@@H]2[C@@H](CO)OC(n3cnc4c(N(C)C)ncnc43)[C@@H]2O)cc1.Cl. The monoisotopic (exact) mass is 507 g/mol. The number of anilines is 1. The summed E-state index contributed by atoms with van der Waals surface area (Å²) in [6.45, 7) is -0.406. The van der Waals surface area contributed by atoms with E-state index < -0.39 is 43.0 Å². The molecule has 2 aromatic heterocycles. The number of aliphatic hydroxyl groups excluding tert-OH is 2. The average Bonchev–Trinajstić information content (AvgIpc) is 3.40. The van der Waals surface area contributed by atoms with Crippen LogP contribution in [0.5, 0.6) is 5.75 Å². The molecule has 0 spiro atoms. The fourth-order valence-electron chi connectivity index (χ4n) is 4.04. The fourth-order valence-corrected chi connectivity index (χ4v) is 4.04. The Kier molecular flexibility index (Phi) is 8.46. The molecule has 1 aromatic carbocycles. The summed E-state index contributed by atoms with van der Waals surface area (Å²) in [7, 11) is 5.25. The van der Waals surface area contributed by atoms with E-state index in [4.69, 9.17) is 15.2 Å². The summed E-state index contributed by atoms with van der Waals surface area (Å²) in [5.41, 5.74) is 7.98. The lowest BCUT2D eigenvalue weighted by Crippen LogP contribution is -2.53. The molecule has 5 atom stereocenters. The smallest absolute Gasteiger partial charge is 0.237 e. The summed E-state index contributed by atoms with van der Waals surface area (Å²) in [5, 5.41) is 23.6. The molecule has 1 aliphatic heterocycles. The van der Waals surface area contributed by atoms with E-state index in [9.17, 15) is 15.0 Å². The number of fused-ring (bicyclic) bond motifs is 1. The van der Waals surface area contributed by atoms with Gasteiger partial charge in [0.15, 0.2) is 23.2 Å². The quantitative estimate of drug-likeness (QED) is 0.316. The van der Waals surface area contributed by atoms with E-state index in [0.29, 0.717) is 29.2 Å². The first-order valence-electron chi connectivity index (χ1n) is 10.8. The second-order valence-electron chi connectivity index (χ2n) is 8.35. The van der Waals surface area contributed by atoms with E-state index in [1.807, 2.05) is 26.2 Å². The van der Waals surface area contributed by atoms with Crippen molar-refractivity contribution in [2.24, 2.45) is 5.73 Å². The Balaban J connectivity index is 0.00000342. The number of nitrogens with one attached hydrogen (secondary N) is 1. The minimum Gasteiger partial charge on any atom is -0.497 e. The van der Waals surface area contributed by atoms with Crippen LogP contribution in [0, 0.1) is 0 Å². The molecule has 0 saturated carbocycles. The molecule has 1 fully saturated rings. The number of benzene rings is 1. The molecule has 35 heavy (non-hydrogen) atoms. The fraction of sp³-hybridized carbons (Fsp3) is 0.455. The number of aliphatic hydroxyl groups is 2. The van der Waals surface area contributed by atoms with E-state index in [1.165, 1.54) is 12.7 Å². The van der Waals surface area contributed by atoms with Crippen molar-refractivity contribution in [3.05, 3.63) is 42.5 Å². The van der Waals surface area contributed by atoms with Crippen LogP contribution in [0.15, 0.2) is 36.9 Å². The van der Waals surface area contributed by atoms with Gasteiger partial charge in [-0.25, -0.2) is 15.0 Å². The van der Waals surface area contributed by atoms with Gasteiger partial charge in [0.05, 0.1) is 32.1 Å². The van der Waals surface area contributed by atoms with Gasteiger partial charge in [-0.05, 0) is 24.1 Å². The van der Waals surface area contributed by atoms with Gasteiger partial charge in [-0.2, -0.15) is 0 Å². The molecular formula is C22H30ClN7O5. The number of nitrogens with two attached hydrogens (primary N) is 1. The molecule has 3 heterocycles. The molecule has 1 amide bonds. The number of carbonyl (C=O) groups excluding carboxylic acids is 1. The molecule has 13 heteroatoms. The third-order valence-corrected chi connectivity index (χ3v) is 5.85. The number of hydrogen-bond acceptors (Lipinski definition) is 10. The van der Waals surface area contributed by atoms with Crippen molar-refractivity contribution in [3.63, 3.8) is 0 Å². The molecule has 1 saturated heterocycles. The van der Waals surface area contributed by atoms with E-state index in [-0.39, 0.29) is 12.4 Å². The molecule has 190 valence electrons. The summed E-state index contributed by atoms with van der Waals surface area (Å²) in [6, 6.07) is 5.52. The number of ether oxygens (including phenoxy) is 2. The van der Waals surface area contributed by atoms with Gasteiger partial charge in [-0.3, -0.25) is 9.36 Å². The maximum Gasteiger partial charge on any atom is 0.237 e. The van der Waals surface area contributed by atoms with Crippen LogP contribution in [0.3, 0.4) is 0 Å². The van der Waals surface area contributed by atoms with Gasteiger partial charge in [0.25, 0.3) is 0 Å². The van der Waals surface area contributed by atoms with E-state index in [1.54, 1.807) is 28.7 Å². The van der Waals surface area contributed by atoms with Crippen molar-refractivity contribution in [2.45, 2.75) is 36.9 Å². The van der Waals surface area contributed by atoms with Crippen molar-refractivity contribution in [1.82, 2.24) is 24.8 Å². The lowest BCUT2D eigenvalue weighted by Gasteiger charge is -2.23. The minimum atomic E-state index is -1.18. The van der Waals surface area contributed by atoms with Crippen molar-refractivity contribution < 1.29 is 24.5 Å². The summed E-state index contributed by atoms with van der Waals surface area (Å²) in [5.74, 6) is 0.861. The van der Waals surface area contributed by atoms with Gasteiger partial charge in [-0.1, -0.05) is 12.1 Å². The average molecular weight is 508 g/mol. The van der Waals surface area contributed by atoms with Crippen LogP contribution in [-0.2, 0) is 16.0 Å². The highest BCUT2D eigenvalue weighted by molar-refractivity contribution is 5.85. The van der Waals surface area contributed by atoms with Crippen molar-refractivity contribution in [3.8, 4) is 5.75 Å². The molecular weight excluding hydrogens is 478 g/mol. The Morgan fingerprint density at radius 1 is 1.29 bits per heavy atom. The van der Waals surface area contributed by atoms with Crippen LogP contribution >= 0.6 is 12.4 Å². The molecule has 3 aromatic rings. The second-order valence-corrected chi connectivity index (χ2v) is 8.35. The zero-order chi connectivity index (χ0) is 24.4. The number of carbonyl (C=O) groups is 1. The Labute approximate surface area is 208 Å². The Hall–Kier alpha value is -3.03. The highest BCUT2D eigenvalue weighted by Gasteiger charge is 2.46. The summed E-state index contributed by atoms with van der Waals surface area (Å²) in [6.07, 6.45) is 0.250. The number of halogens is 1. The first-order valence-corrected chi connectivity index (χ1v) is 10.8. The molecule has 0 radical (unpaired) electrons. The van der Waals surface area contributed by atoms with Crippen LogP contribution in [-0.4, -0.2) is 87.7 Å². The van der Waals surface area contributed by atoms with Gasteiger partial charge in [0.1, 0.15) is 24.3 Å². The van der Waals surface area contributed by atoms with Gasteiger partial charge in [0.2, 0.25) is 5.91 Å². The van der Waals surface area contributed by atoms with Gasteiger partial charge in [-0.15, -0.1) is 12.4 Å². The van der Waals surface area contributed by atoms with Crippen molar-refractivity contribution in [1.29, 1.82) is 0 Å². The van der Waals surface area contributed by atoms with Crippen LogP contribution in [0.25, 0.3) is 11.2 Å². The number of amides is 1. The first kappa shape index (κ1) is 26.6. The topological polar surface area (TPSA) is 161 Å². The maximum absolute atomic E-state index is 12.8. The number of rotatable bonds is 8. The highest BCUT2D eigenvalue weighted by atomic mass is 35.5. The largest absolute Gasteiger partial charge is 0.497 e. The standard InChI is InChI=1S/C22H29N7O5.ClH/c1-28(2)19-17-20(25-10-24-19)29(11-26-17)22-18(31)16(15(9-30)34-22)27-21(32)14(23)8-12-4-6-13(33-3)7-5-12;/h4-7,10-11,14-16,18,22,30-31H,8-9,23H2,1-3H3,(H,27,32);1H/t14-,15+,16+,18+,22?;/m0./s1.